The first-order chi connectivity index (χ1) is 11.5. The molecule has 3 rings (SSSR count). The van der Waals surface area contributed by atoms with E-state index >= 15 is 0 Å². The van der Waals surface area contributed by atoms with Crippen LogP contribution in [0.3, 0.4) is 0 Å². The Morgan fingerprint density at radius 2 is 1.58 bits per heavy atom. The summed E-state index contributed by atoms with van der Waals surface area (Å²) in [5.41, 5.74) is 5.39. The zero-order valence-electron chi connectivity index (χ0n) is 12.7. The number of benzene rings is 1. The molecule has 0 aromatic heterocycles. The van der Waals surface area contributed by atoms with Gasteiger partial charge in [-0.25, -0.2) is 0 Å². The van der Waals surface area contributed by atoms with Gasteiger partial charge in [0, 0.05) is 17.2 Å². The van der Waals surface area contributed by atoms with Crippen LogP contribution in [0.4, 0.5) is 5.69 Å². The Labute approximate surface area is 137 Å². The van der Waals surface area contributed by atoms with Gasteiger partial charge in [-0.1, -0.05) is 0 Å². The minimum absolute atomic E-state index is 0.0168. The third-order valence-electron chi connectivity index (χ3n) is 4.11. The molecule has 1 aromatic carbocycles. The Bertz CT molecular complexity index is 696. The van der Waals surface area contributed by atoms with Gasteiger partial charge in [0.15, 0.2) is 0 Å². The van der Waals surface area contributed by atoms with E-state index in [1.165, 1.54) is 12.1 Å². The van der Waals surface area contributed by atoms with E-state index in [1.807, 2.05) is 0 Å². The van der Waals surface area contributed by atoms with Crippen LogP contribution in [0.2, 0.25) is 0 Å². The van der Waals surface area contributed by atoms with Crippen molar-refractivity contribution >= 4 is 29.4 Å². The fourth-order valence-electron chi connectivity index (χ4n) is 2.34. The van der Waals surface area contributed by atoms with Crippen LogP contribution in [0.1, 0.15) is 29.6 Å². The molecular weight excluding hydrogens is 314 g/mol. The molecule has 8 heteroatoms. The molecule has 8 nitrogen and oxygen atoms in total. The normalized spacial score (nSPS) is 21.5. The predicted octanol–water partition coefficient (Wildman–Crippen LogP) is 0.517. The summed E-state index contributed by atoms with van der Waals surface area (Å²) in [6, 6.07) is 6.28. The Hall–Kier alpha value is -2.90. The van der Waals surface area contributed by atoms with Gasteiger partial charge >= 0.3 is 5.97 Å². The largest absolute Gasteiger partial charge is 0.481 e. The van der Waals surface area contributed by atoms with Crippen molar-refractivity contribution in [2.24, 2.45) is 17.8 Å². The average Bonchev–Trinajstić information content (AvgIpc) is 3.45. The van der Waals surface area contributed by atoms with Crippen molar-refractivity contribution < 1.29 is 24.3 Å². The number of nitrogens with one attached hydrogen (secondary N) is 3. The van der Waals surface area contributed by atoms with Crippen LogP contribution in [-0.2, 0) is 14.4 Å². The number of carbonyl (C=O) groups is 4. The smallest absolute Gasteiger partial charge is 0.307 e. The van der Waals surface area contributed by atoms with Crippen molar-refractivity contribution in [1.29, 1.82) is 0 Å². The number of aliphatic carboxylic acids is 1. The lowest BCUT2D eigenvalue weighted by molar-refractivity contribution is -0.140. The minimum atomic E-state index is -1.01. The lowest BCUT2D eigenvalue weighted by Crippen LogP contribution is -2.42. The van der Waals surface area contributed by atoms with E-state index in [-0.39, 0.29) is 18.2 Å². The molecule has 0 heterocycles. The number of rotatable bonds is 5. The molecule has 2 atom stereocenters. The van der Waals surface area contributed by atoms with Crippen molar-refractivity contribution in [3.63, 3.8) is 0 Å². The highest BCUT2D eigenvalue weighted by Gasteiger charge is 2.48. The van der Waals surface area contributed by atoms with Crippen LogP contribution >= 0.6 is 0 Å². The molecule has 2 aliphatic carbocycles. The standard InChI is InChI=1S/C16H17N3O5/c20-13(8-1-2-8)17-10-5-3-9(4-6-10)14(21)18-19-15(22)11-7-12(11)16(23)24/h3-6,8,11-12H,1-2,7H2,(H,17,20)(H,18,21)(H,19,22)(H,23,24). The summed E-state index contributed by atoms with van der Waals surface area (Å²) in [6.07, 6.45) is 2.11. The summed E-state index contributed by atoms with van der Waals surface area (Å²) in [4.78, 5) is 45.9. The van der Waals surface area contributed by atoms with Gasteiger partial charge in [0.25, 0.3) is 5.91 Å². The number of carbonyl (C=O) groups excluding carboxylic acids is 3. The maximum absolute atomic E-state index is 11.9. The van der Waals surface area contributed by atoms with Gasteiger partial charge in [-0.2, -0.15) is 0 Å². The van der Waals surface area contributed by atoms with Crippen LogP contribution in [0.15, 0.2) is 24.3 Å². The SMILES string of the molecule is O=C(NNC(=O)C1CC1C(=O)O)c1ccc(NC(=O)C2CC2)cc1. The summed E-state index contributed by atoms with van der Waals surface area (Å²) in [5, 5.41) is 11.5. The third-order valence-corrected chi connectivity index (χ3v) is 4.11. The van der Waals surface area contributed by atoms with Crippen LogP contribution in [0.25, 0.3) is 0 Å². The number of carboxylic acid groups (broad SMARTS) is 1. The van der Waals surface area contributed by atoms with Gasteiger partial charge in [-0.15, -0.1) is 0 Å². The van der Waals surface area contributed by atoms with Gasteiger partial charge in [0.2, 0.25) is 11.8 Å². The zero-order chi connectivity index (χ0) is 17.3. The molecule has 0 aliphatic heterocycles. The van der Waals surface area contributed by atoms with Crippen LogP contribution in [-0.4, -0.2) is 28.8 Å². The third kappa shape index (κ3) is 3.70. The van der Waals surface area contributed by atoms with Crippen LogP contribution < -0.4 is 16.2 Å². The molecule has 4 N–H and O–H groups in total. The molecule has 0 spiro atoms. The second-order valence-electron chi connectivity index (χ2n) is 6.07. The summed E-state index contributed by atoms with van der Waals surface area (Å²) in [6.45, 7) is 0. The summed E-state index contributed by atoms with van der Waals surface area (Å²) < 4.78 is 0. The first-order valence-corrected chi connectivity index (χ1v) is 7.69. The number of hydrogen-bond acceptors (Lipinski definition) is 4. The number of carboxylic acids is 1. The van der Waals surface area contributed by atoms with Crippen molar-refractivity contribution in [2.75, 3.05) is 5.32 Å². The van der Waals surface area contributed by atoms with Crippen molar-refractivity contribution in [3.8, 4) is 0 Å². The van der Waals surface area contributed by atoms with E-state index < -0.39 is 29.6 Å². The Balaban J connectivity index is 1.47. The average molecular weight is 331 g/mol. The van der Waals surface area contributed by atoms with E-state index in [2.05, 4.69) is 16.2 Å². The van der Waals surface area contributed by atoms with Crippen molar-refractivity contribution in [3.05, 3.63) is 29.8 Å². The summed E-state index contributed by atoms with van der Waals surface area (Å²) in [7, 11) is 0. The lowest BCUT2D eigenvalue weighted by atomic mass is 10.2. The fraction of sp³-hybridized carbons (Fsp3) is 0.375. The lowest BCUT2D eigenvalue weighted by Gasteiger charge is -2.08. The molecule has 1 aromatic rings. The van der Waals surface area contributed by atoms with Gasteiger partial charge in [0.1, 0.15) is 0 Å². The quantitative estimate of drug-likeness (QED) is 0.585. The Kier molecular flexibility index (Phi) is 4.20. The molecule has 2 fully saturated rings. The van der Waals surface area contributed by atoms with E-state index in [4.69, 9.17) is 5.11 Å². The Morgan fingerprint density at radius 1 is 0.917 bits per heavy atom. The number of hydrogen-bond donors (Lipinski definition) is 4. The minimum Gasteiger partial charge on any atom is -0.481 e. The number of amides is 3. The highest BCUT2D eigenvalue weighted by atomic mass is 16.4. The summed E-state index contributed by atoms with van der Waals surface area (Å²) >= 11 is 0. The van der Waals surface area contributed by atoms with Crippen molar-refractivity contribution in [2.45, 2.75) is 19.3 Å². The van der Waals surface area contributed by atoms with Crippen LogP contribution in [0, 0.1) is 17.8 Å². The molecule has 2 aliphatic rings. The second-order valence-corrected chi connectivity index (χ2v) is 6.07. The highest BCUT2D eigenvalue weighted by Crippen LogP contribution is 2.38. The monoisotopic (exact) mass is 331 g/mol. The maximum atomic E-state index is 11.9. The molecule has 2 unspecified atom stereocenters. The Morgan fingerprint density at radius 3 is 2.12 bits per heavy atom. The second kappa shape index (κ2) is 6.31. The van der Waals surface area contributed by atoms with E-state index in [0.29, 0.717) is 11.3 Å². The summed E-state index contributed by atoms with van der Waals surface area (Å²) in [5.74, 6) is -3.22. The zero-order valence-corrected chi connectivity index (χ0v) is 12.7. The molecular formula is C16H17N3O5. The number of anilines is 1. The van der Waals surface area contributed by atoms with E-state index in [9.17, 15) is 19.2 Å². The molecule has 126 valence electrons. The molecule has 0 radical (unpaired) electrons. The van der Waals surface area contributed by atoms with Crippen molar-refractivity contribution in [1.82, 2.24) is 10.9 Å². The first kappa shape index (κ1) is 16.0. The van der Waals surface area contributed by atoms with Crippen LogP contribution in [0.5, 0.6) is 0 Å². The van der Waals surface area contributed by atoms with Gasteiger partial charge in [-0.3, -0.25) is 30.0 Å². The van der Waals surface area contributed by atoms with E-state index in [0.717, 1.165) is 12.8 Å². The van der Waals surface area contributed by atoms with Gasteiger partial charge in [-0.05, 0) is 43.5 Å². The highest BCUT2D eigenvalue weighted by molar-refractivity contribution is 5.98. The molecule has 2 saturated carbocycles. The maximum Gasteiger partial charge on any atom is 0.307 e. The number of hydrazine groups is 1. The van der Waals surface area contributed by atoms with Gasteiger partial charge in [0.05, 0.1) is 11.8 Å². The van der Waals surface area contributed by atoms with Gasteiger partial charge < -0.3 is 10.4 Å². The molecule has 24 heavy (non-hydrogen) atoms. The predicted molar refractivity (Wildman–Crippen MR) is 82.6 cm³/mol. The molecule has 3 amide bonds. The molecule has 0 saturated heterocycles. The topological polar surface area (TPSA) is 125 Å². The van der Waals surface area contributed by atoms with E-state index in [1.54, 1.807) is 12.1 Å². The molecule has 0 bridgehead atoms. The first-order valence-electron chi connectivity index (χ1n) is 7.69. The fourth-order valence-corrected chi connectivity index (χ4v) is 2.34.